The van der Waals surface area contributed by atoms with Crippen molar-refractivity contribution in [3.63, 3.8) is 0 Å². The van der Waals surface area contributed by atoms with Crippen LogP contribution in [-0.4, -0.2) is 19.8 Å². The summed E-state index contributed by atoms with van der Waals surface area (Å²) in [6.07, 6.45) is 5.73. The number of methoxy groups -OCH3 is 1. The van der Waals surface area contributed by atoms with Gasteiger partial charge >= 0.3 is 0 Å². The molecule has 0 bridgehead atoms. The van der Waals surface area contributed by atoms with E-state index < -0.39 is 0 Å². The molecule has 0 heterocycles. The maximum absolute atomic E-state index is 6.44. The molecule has 1 aliphatic carbocycles. The molecule has 100 valence electrons. The van der Waals surface area contributed by atoms with Crippen LogP contribution in [0.3, 0.4) is 0 Å². The van der Waals surface area contributed by atoms with Crippen LogP contribution in [0.4, 0.5) is 0 Å². The largest absolute Gasteiger partial charge is 0.385 e. The molecular formula is C15H22ClNO. The monoisotopic (exact) mass is 267 g/mol. The normalized spacial score (nSPS) is 19.3. The highest BCUT2D eigenvalue weighted by Gasteiger charge is 2.43. The van der Waals surface area contributed by atoms with Crippen LogP contribution in [0.5, 0.6) is 0 Å². The van der Waals surface area contributed by atoms with Crippen molar-refractivity contribution in [3.8, 4) is 0 Å². The highest BCUT2D eigenvalue weighted by atomic mass is 35.5. The maximum Gasteiger partial charge on any atom is 0.0462 e. The van der Waals surface area contributed by atoms with Gasteiger partial charge in [-0.25, -0.2) is 0 Å². The number of ether oxygens (including phenoxy) is 1. The second kappa shape index (κ2) is 6.05. The number of hydrogen-bond donors (Lipinski definition) is 1. The summed E-state index contributed by atoms with van der Waals surface area (Å²) in [5, 5.41) is 0.793. The molecule has 1 saturated carbocycles. The molecule has 1 unspecified atom stereocenters. The summed E-state index contributed by atoms with van der Waals surface area (Å²) < 4.78 is 5.10. The summed E-state index contributed by atoms with van der Waals surface area (Å²) >= 11 is 5.96. The molecule has 1 atom stereocenters. The van der Waals surface area contributed by atoms with Gasteiger partial charge in [0.15, 0.2) is 0 Å². The molecule has 0 aromatic heterocycles. The third-order valence-corrected chi connectivity index (χ3v) is 4.49. The van der Waals surface area contributed by atoms with E-state index in [1.54, 1.807) is 7.11 Å². The summed E-state index contributed by atoms with van der Waals surface area (Å²) in [4.78, 5) is 0. The van der Waals surface area contributed by atoms with E-state index in [1.807, 2.05) is 12.1 Å². The maximum atomic E-state index is 6.44. The van der Waals surface area contributed by atoms with Gasteiger partial charge < -0.3 is 10.5 Å². The van der Waals surface area contributed by atoms with Crippen molar-refractivity contribution < 1.29 is 4.74 Å². The van der Waals surface area contributed by atoms with E-state index in [4.69, 9.17) is 22.1 Å². The van der Waals surface area contributed by atoms with Crippen molar-refractivity contribution in [1.29, 1.82) is 0 Å². The summed E-state index contributed by atoms with van der Waals surface area (Å²) in [6, 6.07) is 8.44. The Morgan fingerprint density at radius 2 is 2.00 bits per heavy atom. The average Bonchev–Trinajstić information content (AvgIpc) is 2.30. The van der Waals surface area contributed by atoms with Crippen LogP contribution in [0.25, 0.3) is 0 Å². The van der Waals surface area contributed by atoms with Crippen LogP contribution in [-0.2, 0) is 10.2 Å². The molecule has 0 spiro atoms. The fourth-order valence-corrected chi connectivity index (χ4v) is 3.06. The standard InChI is InChI=1S/C15H22ClNO/c1-18-11-2-4-14(17)15(9-3-10-15)12-5-7-13(16)8-6-12/h5-8,14H,2-4,9-11,17H2,1H3. The molecule has 0 radical (unpaired) electrons. The van der Waals surface area contributed by atoms with Gasteiger partial charge in [0.1, 0.15) is 0 Å². The van der Waals surface area contributed by atoms with Gasteiger partial charge in [0.05, 0.1) is 0 Å². The van der Waals surface area contributed by atoms with Crippen LogP contribution in [0.1, 0.15) is 37.7 Å². The van der Waals surface area contributed by atoms with Gasteiger partial charge in [-0.3, -0.25) is 0 Å². The second-order valence-electron chi connectivity index (χ2n) is 5.26. The molecule has 0 amide bonds. The Labute approximate surface area is 114 Å². The zero-order valence-corrected chi connectivity index (χ0v) is 11.7. The van der Waals surface area contributed by atoms with Crippen molar-refractivity contribution in [2.75, 3.05) is 13.7 Å². The van der Waals surface area contributed by atoms with Gasteiger partial charge in [0, 0.05) is 30.2 Å². The molecule has 2 N–H and O–H groups in total. The third-order valence-electron chi connectivity index (χ3n) is 4.24. The molecular weight excluding hydrogens is 246 g/mol. The van der Waals surface area contributed by atoms with Crippen molar-refractivity contribution in [2.45, 2.75) is 43.6 Å². The molecule has 1 fully saturated rings. The van der Waals surface area contributed by atoms with Gasteiger partial charge in [-0.2, -0.15) is 0 Å². The number of benzene rings is 1. The number of nitrogens with two attached hydrogens (primary N) is 1. The predicted octanol–water partition coefficient (Wildman–Crippen LogP) is 3.52. The van der Waals surface area contributed by atoms with E-state index in [9.17, 15) is 0 Å². The lowest BCUT2D eigenvalue weighted by molar-refractivity contribution is 0.159. The number of halogens is 1. The predicted molar refractivity (Wildman–Crippen MR) is 76.1 cm³/mol. The summed E-state index contributed by atoms with van der Waals surface area (Å²) in [5.74, 6) is 0. The van der Waals surface area contributed by atoms with Crippen molar-refractivity contribution >= 4 is 11.6 Å². The Kier molecular flexibility index (Phi) is 4.66. The minimum Gasteiger partial charge on any atom is -0.385 e. The van der Waals surface area contributed by atoms with Crippen molar-refractivity contribution in [2.24, 2.45) is 5.73 Å². The van der Waals surface area contributed by atoms with Crippen LogP contribution in [0.15, 0.2) is 24.3 Å². The van der Waals surface area contributed by atoms with Gasteiger partial charge in [-0.05, 0) is 43.4 Å². The van der Waals surface area contributed by atoms with Crippen molar-refractivity contribution in [1.82, 2.24) is 0 Å². The zero-order valence-electron chi connectivity index (χ0n) is 11.0. The Balaban J connectivity index is 2.07. The fourth-order valence-electron chi connectivity index (χ4n) is 2.94. The Bertz CT molecular complexity index is 373. The minimum absolute atomic E-state index is 0.179. The highest BCUT2D eigenvalue weighted by Crippen LogP contribution is 2.47. The summed E-state index contributed by atoms with van der Waals surface area (Å²) in [6.45, 7) is 0.796. The van der Waals surface area contributed by atoms with Gasteiger partial charge in [-0.1, -0.05) is 30.2 Å². The topological polar surface area (TPSA) is 35.2 Å². The molecule has 3 heteroatoms. The first-order chi connectivity index (χ1) is 8.69. The molecule has 2 rings (SSSR count). The Morgan fingerprint density at radius 1 is 1.33 bits per heavy atom. The van der Waals surface area contributed by atoms with E-state index in [2.05, 4.69) is 12.1 Å². The molecule has 1 aromatic carbocycles. The zero-order chi connectivity index (χ0) is 13.0. The first-order valence-electron chi connectivity index (χ1n) is 6.69. The lowest BCUT2D eigenvalue weighted by Gasteiger charge is -2.47. The van der Waals surface area contributed by atoms with E-state index in [1.165, 1.54) is 24.8 Å². The van der Waals surface area contributed by atoms with E-state index >= 15 is 0 Å². The molecule has 0 saturated heterocycles. The highest BCUT2D eigenvalue weighted by molar-refractivity contribution is 6.30. The second-order valence-corrected chi connectivity index (χ2v) is 5.69. The Hall–Kier alpha value is -0.570. The van der Waals surface area contributed by atoms with Crippen LogP contribution < -0.4 is 5.73 Å². The van der Waals surface area contributed by atoms with Gasteiger partial charge in [0.2, 0.25) is 0 Å². The molecule has 0 aliphatic heterocycles. The van der Waals surface area contributed by atoms with Crippen LogP contribution >= 0.6 is 11.6 Å². The number of hydrogen-bond acceptors (Lipinski definition) is 2. The van der Waals surface area contributed by atoms with E-state index in [0.717, 1.165) is 24.5 Å². The van der Waals surface area contributed by atoms with Gasteiger partial charge in [-0.15, -0.1) is 0 Å². The Morgan fingerprint density at radius 3 is 2.50 bits per heavy atom. The minimum atomic E-state index is 0.179. The first kappa shape index (κ1) is 13.9. The smallest absolute Gasteiger partial charge is 0.0462 e. The quantitative estimate of drug-likeness (QED) is 0.801. The van der Waals surface area contributed by atoms with Crippen molar-refractivity contribution in [3.05, 3.63) is 34.9 Å². The van der Waals surface area contributed by atoms with Crippen LogP contribution in [0.2, 0.25) is 5.02 Å². The average molecular weight is 268 g/mol. The fraction of sp³-hybridized carbons (Fsp3) is 0.600. The van der Waals surface area contributed by atoms with Gasteiger partial charge in [0.25, 0.3) is 0 Å². The molecule has 18 heavy (non-hydrogen) atoms. The first-order valence-corrected chi connectivity index (χ1v) is 7.07. The summed E-state index contributed by atoms with van der Waals surface area (Å²) in [5.41, 5.74) is 7.97. The molecule has 1 aromatic rings. The third kappa shape index (κ3) is 2.71. The molecule has 2 nitrogen and oxygen atoms in total. The summed E-state index contributed by atoms with van der Waals surface area (Å²) in [7, 11) is 1.74. The lowest BCUT2D eigenvalue weighted by atomic mass is 9.59. The van der Waals surface area contributed by atoms with Crippen LogP contribution in [0, 0.1) is 0 Å². The van der Waals surface area contributed by atoms with E-state index in [-0.39, 0.29) is 11.5 Å². The van der Waals surface area contributed by atoms with E-state index in [0.29, 0.717) is 0 Å². The number of rotatable bonds is 6. The lowest BCUT2D eigenvalue weighted by Crippen LogP contribution is -2.50. The SMILES string of the molecule is COCCCC(N)C1(c2ccc(Cl)cc2)CCC1. The molecule has 1 aliphatic rings.